The lowest BCUT2D eigenvalue weighted by Gasteiger charge is -2.36. The van der Waals surface area contributed by atoms with E-state index in [1.165, 1.54) is 38.9 Å². The van der Waals surface area contributed by atoms with Crippen LogP contribution >= 0.6 is 0 Å². The number of anilines is 1. The Morgan fingerprint density at radius 1 is 0.902 bits per heavy atom. The third-order valence-electron chi connectivity index (χ3n) is 8.49. The van der Waals surface area contributed by atoms with Crippen LogP contribution in [0.15, 0.2) is 91.4 Å². The molecule has 0 radical (unpaired) electrons. The maximum absolute atomic E-state index is 5.82. The zero-order chi connectivity index (χ0) is 27.3. The van der Waals surface area contributed by atoms with E-state index in [1.807, 2.05) is 31.6 Å². The van der Waals surface area contributed by atoms with E-state index >= 15 is 0 Å². The fourth-order valence-electron chi connectivity index (χ4n) is 6.45. The second-order valence-electron chi connectivity index (χ2n) is 10.9. The summed E-state index contributed by atoms with van der Waals surface area (Å²) in [5, 5.41) is 1.30. The fraction of sp³-hybridized carbons (Fsp3) is 0.206. The molecule has 202 valence electrons. The molecular formula is C34H30N6O. The second kappa shape index (κ2) is 9.63. The number of benzene rings is 3. The van der Waals surface area contributed by atoms with Crippen LogP contribution in [0.1, 0.15) is 39.8 Å². The quantitative estimate of drug-likeness (QED) is 0.280. The van der Waals surface area contributed by atoms with Gasteiger partial charge in [-0.25, -0.2) is 15.0 Å². The van der Waals surface area contributed by atoms with Gasteiger partial charge < -0.3 is 19.2 Å². The van der Waals surface area contributed by atoms with E-state index in [0.29, 0.717) is 0 Å². The largest absolute Gasteiger partial charge is 0.493 e. The van der Waals surface area contributed by atoms with Crippen molar-refractivity contribution in [3.63, 3.8) is 0 Å². The summed E-state index contributed by atoms with van der Waals surface area (Å²) in [7, 11) is 0. The van der Waals surface area contributed by atoms with Gasteiger partial charge >= 0.3 is 0 Å². The van der Waals surface area contributed by atoms with Gasteiger partial charge in [-0.1, -0.05) is 54.6 Å². The minimum Gasteiger partial charge on any atom is -0.493 e. The van der Waals surface area contributed by atoms with Crippen LogP contribution in [-0.4, -0.2) is 37.7 Å². The number of hydrogen-bond acceptors (Lipinski definition) is 5. The number of H-pyrrole nitrogens is 1. The smallest absolute Gasteiger partial charge is 0.226 e. The molecule has 1 N–H and O–H groups in total. The Morgan fingerprint density at radius 3 is 2.61 bits per heavy atom. The molecule has 2 aliphatic rings. The number of imidazole rings is 1. The lowest BCUT2D eigenvalue weighted by molar-refractivity contribution is 0.357. The monoisotopic (exact) mass is 538 g/mol. The van der Waals surface area contributed by atoms with Gasteiger partial charge in [-0.3, -0.25) is 0 Å². The number of para-hydroxylation sites is 1. The van der Waals surface area contributed by atoms with Crippen molar-refractivity contribution in [3.05, 3.63) is 125 Å². The molecule has 1 unspecified atom stereocenters. The van der Waals surface area contributed by atoms with Gasteiger partial charge in [0.25, 0.3) is 0 Å². The first-order valence-electron chi connectivity index (χ1n) is 14.2. The molecule has 0 amide bonds. The number of aryl methyl sites for hydroxylation is 1. The Labute approximate surface area is 238 Å². The summed E-state index contributed by atoms with van der Waals surface area (Å²) in [5.74, 6) is 2.69. The van der Waals surface area contributed by atoms with Gasteiger partial charge in [-0.2, -0.15) is 0 Å². The maximum atomic E-state index is 5.82. The highest BCUT2D eigenvalue weighted by Crippen LogP contribution is 2.41. The van der Waals surface area contributed by atoms with Gasteiger partial charge in [0.2, 0.25) is 5.95 Å². The van der Waals surface area contributed by atoms with E-state index in [-0.39, 0.29) is 6.04 Å². The molecule has 5 heterocycles. The van der Waals surface area contributed by atoms with Gasteiger partial charge in [0, 0.05) is 54.1 Å². The van der Waals surface area contributed by atoms with E-state index in [1.54, 1.807) is 0 Å². The molecule has 3 aromatic heterocycles. The first kappa shape index (κ1) is 23.9. The Balaban J connectivity index is 1.18. The van der Waals surface area contributed by atoms with Crippen LogP contribution in [0.4, 0.5) is 5.95 Å². The molecule has 41 heavy (non-hydrogen) atoms. The fourth-order valence-corrected chi connectivity index (χ4v) is 6.45. The summed E-state index contributed by atoms with van der Waals surface area (Å²) < 4.78 is 8.04. The van der Waals surface area contributed by atoms with Crippen molar-refractivity contribution in [1.82, 2.24) is 24.5 Å². The molecule has 0 spiro atoms. The van der Waals surface area contributed by atoms with Crippen LogP contribution in [0.25, 0.3) is 22.2 Å². The summed E-state index contributed by atoms with van der Waals surface area (Å²) in [5.41, 5.74) is 9.49. The molecule has 6 aromatic rings. The normalized spacial score (nSPS) is 16.0. The molecule has 0 saturated heterocycles. The maximum Gasteiger partial charge on any atom is 0.226 e. The summed E-state index contributed by atoms with van der Waals surface area (Å²) in [6, 6.07) is 25.7. The van der Waals surface area contributed by atoms with E-state index in [2.05, 4.69) is 86.2 Å². The highest BCUT2D eigenvalue weighted by atomic mass is 16.5. The molecule has 0 fully saturated rings. The van der Waals surface area contributed by atoms with Gasteiger partial charge in [0.1, 0.15) is 11.6 Å². The van der Waals surface area contributed by atoms with Crippen LogP contribution in [0, 0.1) is 6.92 Å². The van der Waals surface area contributed by atoms with Crippen molar-refractivity contribution < 1.29 is 4.74 Å². The van der Waals surface area contributed by atoms with Crippen molar-refractivity contribution >= 4 is 16.9 Å². The SMILES string of the molecule is Cc1ncc(-c2cnc(N3CCc4c([nH]c5ccccc45)C3c3ccc4c(c3)CCO4)nc2)n1Cc1ccccc1. The van der Waals surface area contributed by atoms with Crippen LogP contribution < -0.4 is 9.64 Å². The Kier molecular flexibility index (Phi) is 5.62. The molecular weight excluding hydrogens is 508 g/mol. The van der Waals surface area contributed by atoms with E-state index in [4.69, 9.17) is 14.7 Å². The van der Waals surface area contributed by atoms with E-state index in [9.17, 15) is 0 Å². The highest BCUT2D eigenvalue weighted by molar-refractivity contribution is 5.86. The number of aromatic nitrogens is 5. The number of rotatable bonds is 5. The van der Waals surface area contributed by atoms with Gasteiger partial charge in [0.05, 0.1) is 24.5 Å². The Morgan fingerprint density at radius 2 is 1.73 bits per heavy atom. The highest BCUT2D eigenvalue weighted by Gasteiger charge is 2.34. The van der Waals surface area contributed by atoms with Crippen molar-refractivity contribution in [2.45, 2.75) is 32.4 Å². The minimum atomic E-state index is -0.0197. The number of nitrogens with one attached hydrogen (secondary N) is 1. The van der Waals surface area contributed by atoms with E-state index < -0.39 is 0 Å². The topological polar surface area (TPSA) is 71.9 Å². The third-order valence-corrected chi connectivity index (χ3v) is 8.49. The van der Waals surface area contributed by atoms with Gasteiger partial charge in [-0.05, 0) is 53.8 Å². The zero-order valence-electron chi connectivity index (χ0n) is 22.9. The first-order valence-corrected chi connectivity index (χ1v) is 14.2. The average molecular weight is 539 g/mol. The molecule has 0 aliphatic carbocycles. The van der Waals surface area contributed by atoms with Gasteiger partial charge in [-0.15, -0.1) is 0 Å². The number of ether oxygens (including phenoxy) is 1. The van der Waals surface area contributed by atoms with Crippen LogP contribution in [0.5, 0.6) is 5.75 Å². The zero-order valence-corrected chi connectivity index (χ0v) is 22.9. The van der Waals surface area contributed by atoms with Crippen LogP contribution in [-0.2, 0) is 19.4 Å². The van der Waals surface area contributed by atoms with E-state index in [0.717, 1.165) is 61.3 Å². The number of nitrogens with zero attached hydrogens (tertiary/aromatic N) is 5. The van der Waals surface area contributed by atoms with Crippen molar-refractivity contribution in [3.8, 4) is 17.0 Å². The molecule has 0 bridgehead atoms. The third kappa shape index (κ3) is 4.08. The van der Waals surface area contributed by atoms with Crippen molar-refractivity contribution in [1.29, 1.82) is 0 Å². The summed E-state index contributed by atoms with van der Waals surface area (Å²) in [6.45, 7) is 4.37. The predicted octanol–water partition coefficient (Wildman–Crippen LogP) is 6.27. The molecule has 8 rings (SSSR count). The predicted molar refractivity (Wildman–Crippen MR) is 160 cm³/mol. The Hall–Kier alpha value is -4.91. The van der Waals surface area contributed by atoms with Crippen LogP contribution in [0.3, 0.4) is 0 Å². The van der Waals surface area contributed by atoms with Crippen LogP contribution in [0.2, 0.25) is 0 Å². The number of hydrogen-bond donors (Lipinski definition) is 1. The minimum absolute atomic E-state index is 0.0197. The standard InChI is InChI=1S/C34H30N6O/c1-22-35-20-30(40(22)21-23-7-3-2-4-8-23)26-18-36-34(37-19-26)39-15-13-28-27-9-5-6-10-29(27)38-32(28)33(39)25-11-12-31-24(17-25)14-16-41-31/h2-12,17-20,33,38H,13-16,21H2,1H3. The van der Waals surface area contributed by atoms with Crippen molar-refractivity contribution in [2.75, 3.05) is 18.1 Å². The summed E-state index contributed by atoms with van der Waals surface area (Å²) in [6.07, 6.45) is 7.67. The number of fused-ring (bicyclic) bond motifs is 4. The molecule has 0 saturated carbocycles. The Bertz CT molecular complexity index is 1870. The first-order chi connectivity index (χ1) is 20.2. The van der Waals surface area contributed by atoms with Crippen molar-refractivity contribution in [2.24, 2.45) is 0 Å². The molecule has 2 aliphatic heterocycles. The molecule has 1 atom stereocenters. The lowest BCUT2D eigenvalue weighted by Crippen LogP contribution is -2.37. The number of aromatic amines is 1. The summed E-state index contributed by atoms with van der Waals surface area (Å²) in [4.78, 5) is 20.6. The van der Waals surface area contributed by atoms with Gasteiger partial charge in [0.15, 0.2) is 0 Å². The molecule has 7 nitrogen and oxygen atoms in total. The average Bonchev–Trinajstić information content (AvgIpc) is 3.74. The second-order valence-corrected chi connectivity index (χ2v) is 10.9. The lowest BCUT2D eigenvalue weighted by atomic mass is 9.91. The summed E-state index contributed by atoms with van der Waals surface area (Å²) >= 11 is 0. The molecule has 7 heteroatoms. The molecule has 3 aromatic carbocycles.